The smallest absolute Gasteiger partial charge is 0.391 e. The maximum absolute atomic E-state index is 13.6. The van der Waals surface area contributed by atoms with Gasteiger partial charge in [-0.3, -0.25) is 19.1 Å². The molecule has 192 valence electrons. The highest BCUT2D eigenvalue weighted by Gasteiger charge is 2.33. The van der Waals surface area contributed by atoms with Crippen LogP contribution in [0.3, 0.4) is 0 Å². The minimum Gasteiger partial charge on any atom is -0.391 e. The summed E-state index contributed by atoms with van der Waals surface area (Å²) in [5.74, 6) is -0.521. The SMILES string of the molecule is Cc1ccc(C(=O)Nc2cc(N3CCC(O)C3)cc(C(F)(F)F)c2)cc1-n1cc(-c2cccnc2)n1C. The number of carbonyl (C=O) groups excluding carboxylic acids is 1. The van der Waals surface area contributed by atoms with Crippen LogP contribution in [0, 0.1) is 6.92 Å². The third-order valence-electron chi connectivity index (χ3n) is 6.62. The summed E-state index contributed by atoms with van der Waals surface area (Å²) < 4.78 is 44.6. The maximum atomic E-state index is 13.6. The lowest BCUT2D eigenvalue weighted by Crippen LogP contribution is -2.22. The number of aromatic nitrogens is 3. The molecule has 2 aromatic heterocycles. The van der Waals surface area contributed by atoms with Crippen LogP contribution in [0.5, 0.6) is 0 Å². The summed E-state index contributed by atoms with van der Waals surface area (Å²) in [5.41, 5.74) is 3.43. The van der Waals surface area contributed by atoms with Gasteiger partial charge in [-0.15, -0.1) is 0 Å². The minimum atomic E-state index is -4.58. The van der Waals surface area contributed by atoms with Gasteiger partial charge in [0.1, 0.15) is 0 Å². The fourth-order valence-corrected chi connectivity index (χ4v) is 4.56. The molecule has 0 saturated carbocycles. The third kappa shape index (κ3) is 4.97. The first-order valence-corrected chi connectivity index (χ1v) is 11.8. The molecule has 0 radical (unpaired) electrons. The third-order valence-corrected chi connectivity index (χ3v) is 6.62. The lowest BCUT2D eigenvalue weighted by atomic mass is 10.1. The molecular formula is C27H26F3N5O2. The highest BCUT2D eigenvalue weighted by atomic mass is 19.4. The number of rotatable bonds is 5. The average molecular weight is 510 g/mol. The van der Waals surface area contributed by atoms with Gasteiger partial charge in [0.15, 0.2) is 0 Å². The van der Waals surface area contributed by atoms with Crippen molar-refractivity contribution < 1.29 is 23.1 Å². The highest BCUT2D eigenvalue weighted by molar-refractivity contribution is 6.05. The van der Waals surface area contributed by atoms with Gasteiger partial charge in [0.05, 0.1) is 29.2 Å². The highest BCUT2D eigenvalue weighted by Crippen LogP contribution is 2.35. The molecule has 1 amide bonds. The Morgan fingerprint density at radius 2 is 1.97 bits per heavy atom. The summed E-state index contributed by atoms with van der Waals surface area (Å²) in [7, 11) is 1.90. The van der Waals surface area contributed by atoms with E-state index in [1.54, 1.807) is 35.5 Å². The van der Waals surface area contributed by atoms with Gasteiger partial charge in [0.25, 0.3) is 5.91 Å². The molecule has 3 heterocycles. The first-order valence-electron chi connectivity index (χ1n) is 11.8. The molecule has 1 fully saturated rings. The lowest BCUT2D eigenvalue weighted by molar-refractivity contribution is -0.137. The van der Waals surface area contributed by atoms with Gasteiger partial charge in [-0.25, -0.2) is 0 Å². The van der Waals surface area contributed by atoms with Crippen molar-refractivity contribution in [2.75, 3.05) is 23.3 Å². The predicted molar refractivity (Wildman–Crippen MR) is 135 cm³/mol. The lowest BCUT2D eigenvalue weighted by Gasteiger charge is -2.25. The van der Waals surface area contributed by atoms with Crippen molar-refractivity contribution in [2.24, 2.45) is 7.05 Å². The molecule has 4 aromatic rings. The average Bonchev–Trinajstić information content (AvgIpc) is 3.30. The normalized spacial score (nSPS) is 15.8. The van der Waals surface area contributed by atoms with Gasteiger partial charge in [-0.2, -0.15) is 13.2 Å². The summed E-state index contributed by atoms with van der Waals surface area (Å²) in [4.78, 5) is 18.9. The number of amides is 1. The second-order valence-electron chi connectivity index (χ2n) is 9.23. The van der Waals surface area contributed by atoms with Gasteiger partial charge >= 0.3 is 6.18 Å². The van der Waals surface area contributed by atoms with Gasteiger partial charge in [-0.1, -0.05) is 6.07 Å². The number of β-amino-alcohol motifs (C(OH)–C–C–N with tert-alkyl or cyclic N) is 1. The Labute approximate surface area is 211 Å². The molecular weight excluding hydrogens is 483 g/mol. The number of alkyl halides is 3. The predicted octanol–water partition coefficient (Wildman–Crippen LogP) is 5.03. The van der Waals surface area contributed by atoms with Gasteiger partial charge in [-0.05, 0) is 61.4 Å². The number of hydrogen-bond acceptors (Lipinski definition) is 4. The fraction of sp³-hybridized carbons (Fsp3) is 0.259. The van der Waals surface area contributed by atoms with Crippen LogP contribution >= 0.6 is 0 Å². The first kappa shape index (κ1) is 24.6. The molecule has 37 heavy (non-hydrogen) atoms. The quantitative estimate of drug-likeness (QED) is 0.396. The fourth-order valence-electron chi connectivity index (χ4n) is 4.56. The van der Waals surface area contributed by atoms with E-state index in [0.29, 0.717) is 24.2 Å². The Balaban J connectivity index is 1.42. The molecule has 7 nitrogen and oxygen atoms in total. The number of nitrogens with one attached hydrogen (secondary N) is 1. The Morgan fingerprint density at radius 3 is 2.62 bits per heavy atom. The van der Waals surface area contributed by atoms with Crippen LogP contribution in [0.1, 0.15) is 27.9 Å². The Hall–Kier alpha value is -4.05. The van der Waals surface area contributed by atoms with Crippen molar-refractivity contribution in [2.45, 2.75) is 25.6 Å². The Morgan fingerprint density at radius 1 is 1.16 bits per heavy atom. The second-order valence-corrected chi connectivity index (χ2v) is 9.23. The van der Waals surface area contributed by atoms with E-state index in [1.807, 2.05) is 41.7 Å². The molecule has 1 unspecified atom stereocenters. The standard InChI is InChI=1S/C27H26F3N5O2/c1-17-5-6-18(10-24(17)35-16-25(33(35)2)19-4-3-8-31-14-19)26(37)32-21-11-20(27(28,29)30)12-22(13-21)34-9-7-23(36)15-34/h3-6,8,10-14,16,23,36H,7,9,15H2,1-2H3,(H,32,37). The first-order chi connectivity index (χ1) is 17.6. The summed E-state index contributed by atoms with van der Waals surface area (Å²) in [6.07, 6.45) is 0.713. The molecule has 0 bridgehead atoms. The number of hydrogen-bond donors (Lipinski definition) is 2. The Bertz CT molecular complexity index is 1440. The molecule has 1 aliphatic rings. The van der Waals surface area contributed by atoms with Crippen molar-refractivity contribution in [3.8, 4) is 16.9 Å². The largest absolute Gasteiger partial charge is 0.416 e. The molecule has 2 N–H and O–H groups in total. The van der Waals surface area contributed by atoms with Crippen molar-refractivity contribution >= 4 is 17.3 Å². The molecule has 2 aromatic carbocycles. The molecule has 5 rings (SSSR count). The van der Waals surface area contributed by atoms with E-state index in [9.17, 15) is 23.1 Å². The zero-order chi connectivity index (χ0) is 26.3. The summed E-state index contributed by atoms with van der Waals surface area (Å²) in [6, 6.07) is 12.4. The second kappa shape index (κ2) is 9.44. The number of benzene rings is 2. The van der Waals surface area contributed by atoms with Gasteiger partial charge in [0.2, 0.25) is 0 Å². The van der Waals surface area contributed by atoms with E-state index in [1.165, 1.54) is 6.07 Å². The van der Waals surface area contributed by atoms with Crippen molar-refractivity contribution in [3.63, 3.8) is 0 Å². The van der Waals surface area contributed by atoms with Crippen LogP contribution in [0.2, 0.25) is 0 Å². The summed E-state index contributed by atoms with van der Waals surface area (Å²) >= 11 is 0. The van der Waals surface area contributed by atoms with Gasteiger partial charge < -0.3 is 15.3 Å². The number of anilines is 2. The van der Waals surface area contributed by atoms with Crippen LogP contribution < -0.4 is 10.2 Å². The topological polar surface area (TPSA) is 75.3 Å². The van der Waals surface area contributed by atoms with Crippen molar-refractivity contribution in [3.05, 3.63) is 83.8 Å². The van der Waals surface area contributed by atoms with E-state index >= 15 is 0 Å². The minimum absolute atomic E-state index is 0.0400. The van der Waals surface area contributed by atoms with Crippen LogP contribution in [0.25, 0.3) is 16.9 Å². The molecule has 10 heteroatoms. The Kier molecular flexibility index (Phi) is 6.28. The van der Waals surface area contributed by atoms with Crippen LogP contribution in [0.15, 0.2) is 67.1 Å². The van der Waals surface area contributed by atoms with Gasteiger partial charge in [0, 0.05) is 55.0 Å². The van der Waals surface area contributed by atoms with E-state index < -0.39 is 23.8 Å². The number of aliphatic hydroxyl groups excluding tert-OH is 1. The zero-order valence-electron chi connectivity index (χ0n) is 20.3. The number of aliphatic hydroxyl groups is 1. The maximum Gasteiger partial charge on any atom is 0.416 e. The van der Waals surface area contributed by atoms with E-state index in [2.05, 4.69) is 10.3 Å². The molecule has 1 aliphatic heterocycles. The van der Waals surface area contributed by atoms with Crippen LogP contribution in [-0.2, 0) is 13.2 Å². The van der Waals surface area contributed by atoms with Crippen molar-refractivity contribution in [1.29, 1.82) is 0 Å². The number of aryl methyl sites for hydroxylation is 1. The number of nitrogens with zero attached hydrogens (tertiary/aromatic N) is 4. The number of halogens is 3. The zero-order valence-corrected chi connectivity index (χ0v) is 20.3. The van der Waals surface area contributed by atoms with Crippen LogP contribution in [0.4, 0.5) is 24.5 Å². The van der Waals surface area contributed by atoms with E-state index in [0.717, 1.165) is 34.6 Å². The van der Waals surface area contributed by atoms with E-state index in [4.69, 9.17) is 0 Å². The molecule has 0 spiro atoms. The summed E-state index contributed by atoms with van der Waals surface area (Å²) in [6.45, 7) is 2.60. The van der Waals surface area contributed by atoms with E-state index in [-0.39, 0.29) is 12.2 Å². The number of carbonyl (C=O) groups is 1. The monoisotopic (exact) mass is 509 g/mol. The van der Waals surface area contributed by atoms with Crippen molar-refractivity contribution in [1.82, 2.24) is 14.3 Å². The molecule has 1 saturated heterocycles. The number of pyridine rings is 1. The molecule has 1 atom stereocenters. The van der Waals surface area contributed by atoms with Crippen LogP contribution in [-0.4, -0.2) is 44.6 Å². The summed E-state index contributed by atoms with van der Waals surface area (Å²) in [5, 5.41) is 12.5. The molecule has 0 aliphatic carbocycles.